The Morgan fingerprint density at radius 3 is 2.55 bits per heavy atom. The van der Waals surface area contributed by atoms with Gasteiger partial charge >= 0.3 is 0 Å². The van der Waals surface area contributed by atoms with Crippen molar-refractivity contribution in [2.75, 3.05) is 0 Å². The van der Waals surface area contributed by atoms with Crippen molar-refractivity contribution >= 4 is 29.1 Å². The Morgan fingerprint density at radius 1 is 1.45 bits per heavy atom. The van der Waals surface area contributed by atoms with Gasteiger partial charge in [-0.05, 0) is 6.07 Å². The average Bonchev–Trinajstić information content (AvgIpc) is 1.94. The number of hydrogen-bond donors (Lipinski definition) is 1. The Balaban J connectivity index is 3.15. The highest BCUT2D eigenvalue weighted by molar-refractivity contribution is 6.41. The van der Waals surface area contributed by atoms with E-state index >= 15 is 0 Å². The molecule has 1 heterocycles. The number of nitrogens with zero attached hydrogens (tertiary/aromatic N) is 2. The minimum Gasteiger partial charge on any atom is -0.364 e. The molecule has 2 N–H and O–H groups in total. The Kier molecular flexibility index (Phi) is 2.26. The predicted molar refractivity (Wildman–Crippen MR) is 40.6 cm³/mol. The summed E-state index contributed by atoms with van der Waals surface area (Å²) in [5.74, 6) is -0.684. The zero-order valence-corrected chi connectivity index (χ0v) is 6.73. The van der Waals surface area contributed by atoms with Crippen LogP contribution in [0.25, 0.3) is 0 Å². The van der Waals surface area contributed by atoms with Crippen LogP contribution < -0.4 is 5.73 Å². The van der Waals surface area contributed by atoms with Crippen LogP contribution in [0.1, 0.15) is 10.5 Å². The first-order chi connectivity index (χ1) is 5.11. The smallest absolute Gasteiger partial charge is 0.269 e. The van der Waals surface area contributed by atoms with Crippen molar-refractivity contribution in [2.45, 2.75) is 0 Å². The number of carbonyl (C=O) groups excluding carboxylic acids is 1. The molecule has 0 spiro atoms. The molecule has 0 aliphatic carbocycles. The molecule has 0 radical (unpaired) electrons. The summed E-state index contributed by atoms with van der Waals surface area (Å²) < 4.78 is 0. The topological polar surface area (TPSA) is 68.9 Å². The fourth-order valence-corrected chi connectivity index (χ4v) is 0.708. The third kappa shape index (κ3) is 1.78. The summed E-state index contributed by atoms with van der Waals surface area (Å²) in [6.45, 7) is 0. The molecule has 0 atom stereocenters. The molecule has 0 fully saturated rings. The summed E-state index contributed by atoms with van der Waals surface area (Å²) in [5, 5.41) is 7.00. The SMILES string of the molecule is NC(=O)c1cc(Cl)c(Cl)nn1. The quantitative estimate of drug-likeness (QED) is 0.717. The zero-order chi connectivity index (χ0) is 8.43. The van der Waals surface area contributed by atoms with Gasteiger partial charge in [-0.2, -0.15) is 0 Å². The number of hydrogen-bond acceptors (Lipinski definition) is 3. The minimum absolute atomic E-state index is 0.000556. The molecule has 0 unspecified atom stereocenters. The lowest BCUT2D eigenvalue weighted by Crippen LogP contribution is -2.13. The second-order valence-electron chi connectivity index (χ2n) is 1.73. The van der Waals surface area contributed by atoms with Crippen molar-refractivity contribution in [1.82, 2.24) is 10.2 Å². The third-order valence-corrected chi connectivity index (χ3v) is 1.62. The lowest BCUT2D eigenvalue weighted by atomic mass is 10.4. The van der Waals surface area contributed by atoms with Crippen LogP contribution in [0, 0.1) is 0 Å². The largest absolute Gasteiger partial charge is 0.364 e. The van der Waals surface area contributed by atoms with Gasteiger partial charge in [0.25, 0.3) is 5.91 Å². The van der Waals surface area contributed by atoms with E-state index in [0.717, 1.165) is 0 Å². The minimum atomic E-state index is -0.684. The van der Waals surface area contributed by atoms with Crippen LogP contribution in [0.4, 0.5) is 0 Å². The molecule has 6 heteroatoms. The number of halogens is 2. The highest BCUT2D eigenvalue weighted by Crippen LogP contribution is 2.17. The van der Waals surface area contributed by atoms with Gasteiger partial charge in [-0.1, -0.05) is 23.2 Å². The van der Waals surface area contributed by atoms with Crippen LogP contribution in [0.15, 0.2) is 6.07 Å². The first-order valence-corrected chi connectivity index (χ1v) is 3.35. The van der Waals surface area contributed by atoms with Crippen molar-refractivity contribution in [2.24, 2.45) is 5.73 Å². The summed E-state index contributed by atoms with van der Waals surface area (Å²) in [6, 6.07) is 1.26. The normalized spacial score (nSPS) is 9.64. The Morgan fingerprint density at radius 2 is 2.09 bits per heavy atom. The molecule has 0 saturated heterocycles. The van der Waals surface area contributed by atoms with E-state index in [4.69, 9.17) is 28.9 Å². The van der Waals surface area contributed by atoms with E-state index in [-0.39, 0.29) is 15.9 Å². The Bertz CT molecular complexity index is 302. The molecule has 4 nitrogen and oxygen atoms in total. The molecule has 1 aromatic rings. The molecule has 0 aliphatic rings. The second kappa shape index (κ2) is 3.02. The molecule has 1 amide bonds. The molecule has 58 valence electrons. The van der Waals surface area contributed by atoms with E-state index in [1.165, 1.54) is 6.07 Å². The number of nitrogens with two attached hydrogens (primary N) is 1. The lowest BCUT2D eigenvalue weighted by Gasteiger charge is -1.94. The number of amides is 1. The van der Waals surface area contributed by atoms with Crippen molar-refractivity contribution in [3.63, 3.8) is 0 Å². The van der Waals surface area contributed by atoms with Crippen molar-refractivity contribution < 1.29 is 4.79 Å². The maximum atomic E-state index is 10.5. The molecular formula is C5H3Cl2N3O. The predicted octanol–water partition coefficient (Wildman–Crippen LogP) is 0.882. The molecule has 0 aromatic carbocycles. The van der Waals surface area contributed by atoms with Gasteiger partial charge in [0.1, 0.15) is 0 Å². The number of rotatable bonds is 1. The molecule has 0 bridgehead atoms. The first kappa shape index (κ1) is 8.23. The highest BCUT2D eigenvalue weighted by Gasteiger charge is 2.06. The zero-order valence-electron chi connectivity index (χ0n) is 5.21. The maximum absolute atomic E-state index is 10.5. The van der Waals surface area contributed by atoms with Crippen molar-refractivity contribution in [1.29, 1.82) is 0 Å². The van der Waals surface area contributed by atoms with E-state index in [1.54, 1.807) is 0 Å². The monoisotopic (exact) mass is 191 g/mol. The van der Waals surface area contributed by atoms with Crippen LogP contribution in [-0.4, -0.2) is 16.1 Å². The number of carbonyl (C=O) groups is 1. The number of primary amides is 1. The summed E-state index contributed by atoms with van der Waals surface area (Å²) in [4.78, 5) is 10.5. The molecule has 1 aromatic heterocycles. The van der Waals surface area contributed by atoms with Crippen LogP contribution in [-0.2, 0) is 0 Å². The van der Waals surface area contributed by atoms with E-state index in [0.29, 0.717) is 0 Å². The first-order valence-electron chi connectivity index (χ1n) is 2.60. The Hall–Kier alpha value is -0.870. The van der Waals surface area contributed by atoms with Gasteiger partial charge in [-0.15, -0.1) is 10.2 Å². The standard InChI is InChI=1S/C5H3Cl2N3O/c6-2-1-3(5(8)11)9-10-4(2)7/h1H,(H2,8,11). The van der Waals surface area contributed by atoms with Gasteiger partial charge in [-0.3, -0.25) is 4.79 Å². The van der Waals surface area contributed by atoms with Crippen molar-refractivity contribution in [3.8, 4) is 0 Å². The van der Waals surface area contributed by atoms with E-state index in [2.05, 4.69) is 10.2 Å². The molecule has 1 rings (SSSR count). The fraction of sp³-hybridized carbons (Fsp3) is 0. The van der Waals surface area contributed by atoms with Gasteiger partial charge in [0.15, 0.2) is 10.8 Å². The highest BCUT2D eigenvalue weighted by atomic mass is 35.5. The van der Waals surface area contributed by atoms with Crippen LogP contribution in [0.2, 0.25) is 10.2 Å². The van der Waals surface area contributed by atoms with Crippen LogP contribution in [0.3, 0.4) is 0 Å². The lowest BCUT2D eigenvalue weighted by molar-refractivity contribution is 0.0994. The van der Waals surface area contributed by atoms with Crippen LogP contribution in [0.5, 0.6) is 0 Å². The van der Waals surface area contributed by atoms with Crippen molar-refractivity contribution in [3.05, 3.63) is 21.9 Å². The van der Waals surface area contributed by atoms with Gasteiger partial charge < -0.3 is 5.73 Å². The molecule has 0 aliphatic heterocycles. The summed E-state index contributed by atoms with van der Waals surface area (Å²) in [5.41, 5.74) is 4.89. The average molecular weight is 192 g/mol. The van der Waals surface area contributed by atoms with E-state index in [9.17, 15) is 4.79 Å². The summed E-state index contributed by atoms with van der Waals surface area (Å²) in [6.07, 6.45) is 0. The second-order valence-corrected chi connectivity index (χ2v) is 2.50. The van der Waals surface area contributed by atoms with Gasteiger partial charge in [0.2, 0.25) is 0 Å². The van der Waals surface area contributed by atoms with Gasteiger partial charge in [-0.25, -0.2) is 0 Å². The molecular weight excluding hydrogens is 189 g/mol. The van der Waals surface area contributed by atoms with Gasteiger partial charge in [0.05, 0.1) is 5.02 Å². The van der Waals surface area contributed by atoms with E-state index < -0.39 is 5.91 Å². The molecule has 0 saturated carbocycles. The fourth-order valence-electron chi connectivity index (χ4n) is 0.474. The summed E-state index contributed by atoms with van der Waals surface area (Å²) >= 11 is 10.9. The third-order valence-electron chi connectivity index (χ3n) is 0.959. The molecule has 11 heavy (non-hydrogen) atoms. The Labute approximate surface area is 72.3 Å². The maximum Gasteiger partial charge on any atom is 0.269 e. The summed E-state index contributed by atoms with van der Waals surface area (Å²) in [7, 11) is 0. The van der Waals surface area contributed by atoms with Gasteiger partial charge in [0, 0.05) is 0 Å². The van der Waals surface area contributed by atoms with Crippen LogP contribution >= 0.6 is 23.2 Å². The number of aromatic nitrogens is 2. The van der Waals surface area contributed by atoms with E-state index in [1.807, 2.05) is 0 Å².